The Morgan fingerprint density at radius 3 is 1.12 bits per heavy atom. The molecule has 0 heterocycles. The van der Waals surface area contributed by atoms with Gasteiger partial charge in [-0.25, -0.2) is 0 Å². The second kappa shape index (κ2) is 26.9. The molecule has 0 spiro atoms. The Hall–Kier alpha value is 0.702. The van der Waals surface area contributed by atoms with Gasteiger partial charge >= 0.3 is 0 Å². The van der Waals surface area contributed by atoms with Crippen molar-refractivity contribution >= 4 is 41.9 Å². The van der Waals surface area contributed by atoms with Crippen molar-refractivity contribution in [2.24, 2.45) is 0 Å². The normalized spacial score (nSPS) is 10.1. The molecule has 0 saturated carbocycles. The molecule has 0 amide bonds. The first-order chi connectivity index (χ1) is 11.5. The molecule has 150 valence electrons. The van der Waals surface area contributed by atoms with E-state index in [0.717, 1.165) is 12.8 Å². The van der Waals surface area contributed by atoms with E-state index in [1.807, 2.05) is 0 Å². The standard InChI is InChI=1S/C18H36O2.O3P.Pb/c1-2-3-4-5-6-7-8-9-10-11-12-13-14-15-16-17-18(19)20;1-4(2)3;/h2-17H2,1H3,(H,19,20);;/q;-3;/p-1. The van der Waals surface area contributed by atoms with Gasteiger partial charge < -0.3 is 33.2 Å². The number of carboxylic acids is 1. The monoisotopic (exact) mass is 570 g/mol. The molecular formula is C18H35O5PPb-4. The minimum atomic E-state index is -3.37. The van der Waals surface area contributed by atoms with Crippen molar-refractivity contribution in [3.05, 3.63) is 0 Å². The van der Waals surface area contributed by atoms with Crippen molar-refractivity contribution in [3.8, 4) is 0 Å². The summed E-state index contributed by atoms with van der Waals surface area (Å²) < 4.78 is 0. The average molecular weight is 570 g/mol. The number of hydrogen-bond donors (Lipinski definition) is 0. The van der Waals surface area contributed by atoms with Crippen LogP contribution >= 0.6 is 8.60 Å². The molecule has 0 saturated heterocycles. The molecule has 0 aliphatic rings. The van der Waals surface area contributed by atoms with Gasteiger partial charge in [0.15, 0.2) is 0 Å². The van der Waals surface area contributed by atoms with Gasteiger partial charge in [0.2, 0.25) is 0 Å². The zero-order chi connectivity index (χ0) is 18.5. The van der Waals surface area contributed by atoms with Crippen LogP contribution in [0.5, 0.6) is 0 Å². The number of carboxylic acid groups (broad SMARTS) is 1. The van der Waals surface area contributed by atoms with Gasteiger partial charge in [-0.15, -0.1) is 0 Å². The number of rotatable bonds is 16. The van der Waals surface area contributed by atoms with Gasteiger partial charge in [-0.3, -0.25) is 0 Å². The summed E-state index contributed by atoms with van der Waals surface area (Å²) in [6.07, 6.45) is 19.9. The van der Waals surface area contributed by atoms with E-state index < -0.39 is 14.6 Å². The predicted molar refractivity (Wildman–Crippen MR) is 97.2 cm³/mol. The minimum absolute atomic E-state index is 0. The van der Waals surface area contributed by atoms with Gasteiger partial charge in [0, 0.05) is 33.3 Å². The Kier molecular flexibility index (Phi) is 32.8. The fourth-order valence-corrected chi connectivity index (χ4v) is 2.64. The van der Waals surface area contributed by atoms with Crippen LogP contribution in [-0.2, 0) is 4.79 Å². The van der Waals surface area contributed by atoms with Gasteiger partial charge in [-0.1, -0.05) is 96.8 Å². The van der Waals surface area contributed by atoms with Gasteiger partial charge in [-0.2, -0.15) is 0 Å². The van der Waals surface area contributed by atoms with Crippen LogP contribution in [0.4, 0.5) is 0 Å². The topological polar surface area (TPSA) is 109 Å². The van der Waals surface area contributed by atoms with E-state index >= 15 is 0 Å². The van der Waals surface area contributed by atoms with Gasteiger partial charge in [0.1, 0.15) is 0 Å². The third kappa shape index (κ3) is 40.6. The fourth-order valence-electron chi connectivity index (χ4n) is 2.64. The summed E-state index contributed by atoms with van der Waals surface area (Å²) in [6, 6.07) is 0. The van der Waals surface area contributed by atoms with E-state index in [2.05, 4.69) is 6.92 Å². The SMILES string of the molecule is CCCCCCCCCCCCCCCCCC(=O)[O-].[O-]P([O-])[O-].[Pb]. The third-order valence-corrected chi connectivity index (χ3v) is 3.98. The van der Waals surface area contributed by atoms with E-state index in [4.69, 9.17) is 14.7 Å². The zero-order valence-corrected chi connectivity index (χ0v) is 20.6. The number of carbonyl (C=O) groups excluding carboxylic acids is 1. The van der Waals surface area contributed by atoms with Crippen molar-refractivity contribution in [1.29, 1.82) is 0 Å². The quantitative estimate of drug-likeness (QED) is 0.160. The Morgan fingerprint density at radius 2 is 0.880 bits per heavy atom. The zero-order valence-electron chi connectivity index (χ0n) is 15.8. The molecule has 0 aromatic carbocycles. The minimum Gasteiger partial charge on any atom is -0.854 e. The Morgan fingerprint density at radius 1 is 0.640 bits per heavy atom. The van der Waals surface area contributed by atoms with Crippen LogP contribution in [0.3, 0.4) is 0 Å². The van der Waals surface area contributed by atoms with E-state index in [-0.39, 0.29) is 33.7 Å². The van der Waals surface area contributed by atoms with E-state index in [1.165, 1.54) is 83.5 Å². The summed E-state index contributed by atoms with van der Waals surface area (Å²) in [7, 11) is -3.37. The van der Waals surface area contributed by atoms with Crippen LogP contribution < -0.4 is 19.8 Å². The molecule has 5 nitrogen and oxygen atoms in total. The molecule has 0 fully saturated rings. The van der Waals surface area contributed by atoms with Crippen LogP contribution in [0, 0.1) is 0 Å². The number of hydrogen-bond acceptors (Lipinski definition) is 5. The Balaban J connectivity index is -0.000000867. The first kappa shape index (κ1) is 30.4. The van der Waals surface area contributed by atoms with Crippen LogP contribution in [0.1, 0.15) is 110 Å². The van der Waals surface area contributed by atoms with Crippen molar-refractivity contribution < 1.29 is 24.6 Å². The Bertz CT molecular complexity index is 253. The van der Waals surface area contributed by atoms with Crippen LogP contribution in [0.2, 0.25) is 0 Å². The van der Waals surface area contributed by atoms with E-state index in [9.17, 15) is 9.90 Å². The number of carbonyl (C=O) groups is 1. The van der Waals surface area contributed by atoms with Gasteiger partial charge in [0.05, 0.1) is 0 Å². The maximum atomic E-state index is 10.2. The number of aliphatic carboxylic acids is 1. The molecule has 0 bridgehead atoms. The second-order valence-electron chi connectivity index (χ2n) is 6.30. The number of unbranched alkanes of at least 4 members (excludes halogenated alkanes) is 14. The van der Waals surface area contributed by atoms with Crippen molar-refractivity contribution in [2.45, 2.75) is 110 Å². The molecule has 7 heteroatoms. The second-order valence-corrected chi connectivity index (χ2v) is 6.74. The van der Waals surface area contributed by atoms with Crippen LogP contribution in [0.15, 0.2) is 0 Å². The summed E-state index contributed by atoms with van der Waals surface area (Å²) in [5.74, 6) is -0.903. The Labute approximate surface area is 175 Å². The van der Waals surface area contributed by atoms with Crippen LogP contribution in [-0.4, -0.2) is 33.3 Å². The molecule has 4 radical (unpaired) electrons. The molecule has 0 aromatic rings. The predicted octanol–water partition coefficient (Wildman–Crippen LogP) is 1.91. The van der Waals surface area contributed by atoms with Crippen molar-refractivity contribution in [2.75, 3.05) is 0 Å². The summed E-state index contributed by atoms with van der Waals surface area (Å²) in [5.41, 5.74) is 0. The molecule has 0 aromatic heterocycles. The van der Waals surface area contributed by atoms with E-state index in [0.29, 0.717) is 0 Å². The molecule has 0 N–H and O–H groups in total. The van der Waals surface area contributed by atoms with Crippen molar-refractivity contribution in [3.63, 3.8) is 0 Å². The average Bonchev–Trinajstić information content (AvgIpc) is 2.50. The molecule has 0 aliphatic heterocycles. The van der Waals surface area contributed by atoms with Crippen molar-refractivity contribution in [1.82, 2.24) is 0 Å². The summed E-state index contributed by atoms with van der Waals surface area (Å²) in [4.78, 5) is 35.7. The third-order valence-electron chi connectivity index (χ3n) is 3.98. The van der Waals surface area contributed by atoms with Gasteiger partial charge in [-0.05, 0) is 12.8 Å². The van der Waals surface area contributed by atoms with Crippen LogP contribution in [0.25, 0.3) is 0 Å². The summed E-state index contributed by atoms with van der Waals surface area (Å²) >= 11 is 0. The summed E-state index contributed by atoms with van der Waals surface area (Å²) in [5, 5.41) is 10.2. The molecule has 0 atom stereocenters. The molecule has 0 aliphatic carbocycles. The first-order valence-corrected chi connectivity index (χ1v) is 10.6. The fraction of sp³-hybridized carbons (Fsp3) is 0.944. The molecule has 0 unspecified atom stereocenters. The smallest absolute Gasteiger partial charge is 0.0414 e. The first-order valence-electron chi connectivity index (χ1n) is 9.52. The largest absolute Gasteiger partial charge is 0.854 e. The maximum Gasteiger partial charge on any atom is 0.0414 e. The molecule has 25 heavy (non-hydrogen) atoms. The molecule has 0 rings (SSSR count). The maximum absolute atomic E-state index is 10.2. The molecular weight excluding hydrogens is 534 g/mol. The van der Waals surface area contributed by atoms with E-state index in [1.54, 1.807) is 0 Å². The van der Waals surface area contributed by atoms with Gasteiger partial charge in [0.25, 0.3) is 0 Å². The summed E-state index contributed by atoms with van der Waals surface area (Å²) in [6.45, 7) is 2.27.